The molecule has 0 aliphatic carbocycles. The number of hydrogen-bond donors (Lipinski definition) is 1. The quantitative estimate of drug-likeness (QED) is 0.928. The van der Waals surface area contributed by atoms with Gasteiger partial charge in [-0.3, -0.25) is 9.69 Å². The minimum absolute atomic E-state index is 0.0831. The van der Waals surface area contributed by atoms with Crippen LogP contribution in [0.4, 0.5) is 0 Å². The summed E-state index contributed by atoms with van der Waals surface area (Å²) < 4.78 is 5.47. The second-order valence-corrected chi connectivity index (χ2v) is 7.11. The van der Waals surface area contributed by atoms with Crippen LogP contribution >= 0.6 is 11.3 Å². The van der Waals surface area contributed by atoms with Gasteiger partial charge >= 0.3 is 0 Å². The number of carbonyl (C=O) groups is 1. The fourth-order valence-corrected chi connectivity index (χ4v) is 4.02. The van der Waals surface area contributed by atoms with E-state index in [0.717, 1.165) is 43.3 Å². The van der Waals surface area contributed by atoms with Crippen LogP contribution in [-0.4, -0.2) is 49.7 Å². The van der Waals surface area contributed by atoms with Crippen molar-refractivity contribution in [2.75, 3.05) is 32.8 Å². The third-order valence-electron chi connectivity index (χ3n) is 4.58. The summed E-state index contributed by atoms with van der Waals surface area (Å²) in [6, 6.07) is 2.59. The molecule has 1 amide bonds. The standard InChI is InChI=1S/C16H24N2O2S/c1-12-8-15(21-11-12)16(19)17-9-13-2-5-18(6-3-13)14-4-7-20-10-14/h8,11,13-14H,2-7,9-10H2,1H3,(H,17,19)/t14-/m0/s1. The number of ether oxygens (including phenoxy) is 1. The van der Waals surface area contributed by atoms with Crippen molar-refractivity contribution >= 4 is 17.2 Å². The highest BCUT2D eigenvalue weighted by molar-refractivity contribution is 7.12. The Morgan fingerprint density at radius 2 is 2.24 bits per heavy atom. The number of likely N-dealkylation sites (tertiary alicyclic amines) is 1. The van der Waals surface area contributed by atoms with Gasteiger partial charge in [-0.15, -0.1) is 11.3 Å². The Morgan fingerprint density at radius 3 is 2.86 bits per heavy atom. The van der Waals surface area contributed by atoms with E-state index in [9.17, 15) is 4.79 Å². The topological polar surface area (TPSA) is 41.6 Å². The van der Waals surface area contributed by atoms with Crippen molar-refractivity contribution in [3.05, 3.63) is 21.9 Å². The van der Waals surface area contributed by atoms with E-state index in [1.807, 2.05) is 18.4 Å². The van der Waals surface area contributed by atoms with Gasteiger partial charge in [-0.1, -0.05) is 0 Å². The first-order valence-corrected chi connectivity index (χ1v) is 8.75. The lowest BCUT2D eigenvalue weighted by molar-refractivity contribution is 0.0914. The molecule has 3 rings (SSSR count). The maximum absolute atomic E-state index is 12.0. The average molecular weight is 308 g/mol. The van der Waals surface area contributed by atoms with Gasteiger partial charge in [0, 0.05) is 19.2 Å². The molecule has 0 bridgehead atoms. The zero-order chi connectivity index (χ0) is 14.7. The van der Waals surface area contributed by atoms with Crippen molar-refractivity contribution < 1.29 is 9.53 Å². The number of rotatable bonds is 4. The van der Waals surface area contributed by atoms with Crippen LogP contribution in [0, 0.1) is 12.8 Å². The highest BCUT2D eigenvalue weighted by Crippen LogP contribution is 2.22. The zero-order valence-electron chi connectivity index (χ0n) is 12.6. The molecule has 1 aromatic heterocycles. The average Bonchev–Trinajstić information content (AvgIpc) is 3.16. The minimum Gasteiger partial charge on any atom is -0.380 e. The minimum atomic E-state index is 0.0831. The molecule has 2 aliphatic heterocycles. The molecular formula is C16H24N2O2S. The first-order valence-electron chi connectivity index (χ1n) is 7.87. The molecule has 1 N–H and O–H groups in total. The molecule has 3 heterocycles. The highest BCUT2D eigenvalue weighted by Gasteiger charge is 2.27. The molecule has 1 atom stereocenters. The Labute approximate surface area is 130 Å². The van der Waals surface area contributed by atoms with Crippen molar-refractivity contribution in [1.29, 1.82) is 0 Å². The summed E-state index contributed by atoms with van der Waals surface area (Å²) in [6.07, 6.45) is 3.54. The number of thiophene rings is 1. The van der Waals surface area contributed by atoms with Gasteiger partial charge in [0.05, 0.1) is 11.5 Å². The second kappa shape index (κ2) is 6.90. The van der Waals surface area contributed by atoms with Crippen LogP contribution in [0.1, 0.15) is 34.5 Å². The van der Waals surface area contributed by atoms with E-state index in [0.29, 0.717) is 12.0 Å². The lowest BCUT2D eigenvalue weighted by atomic mass is 9.95. The largest absolute Gasteiger partial charge is 0.380 e. The highest BCUT2D eigenvalue weighted by atomic mass is 32.1. The number of hydrogen-bond acceptors (Lipinski definition) is 4. The van der Waals surface area contributed by atoms with Crippen LogP contribution in [0.3, 0.4) is 0 Å². The van der Waals surface area contributed by atoms with Crippen LogP contribution < -0.4 is 5.32 Å². The van der Waals surface area contributed by atoms with E-state index >= 15 is 0 Å². The van der Waals surface area contributed by atoms with Gasteiger partial charge in [-0.2, -0.15) is 0 Å². The summed E-state index contributed by atoms with van der Waals surface area (Å²) in [5.41, 5.74) is 1.16. The van der Waals surface area contributed by atoms with Crippen molar-refractivity contribution in [2.24, 2.45) is 5.92 Å². The molecule has 1 aromatic rings. The molecule has 0 saturated carbocycles. The molecule has 0 radical (unpaired) electrons. The van der Waals surface area contributed by atoms with E-state index in [4.69, 9.17) is 4.74 Å². The molecule has 0 aromatic carbocycles. The molecule has 21 heavy (non-hydrogen) atoms. The summed E-state index contributed by atoms with van der Waals surface area (Å²) in [4.78, 5) is 15.4. The van der Waals surface area contributed by atoms with Crippen LogP contribution in [0.15, 0.2) is 11.4 Å². The Bertz CT molecular complexity index is 474. The normalized spacial score (nSPS) is 24.3. The van der Waals surface area contributed by atoms with Crippen molar-refractivity contribution in [3.8, 4) is 0 Å². The van der Waals surface area contributed by atoms with Gasteiger partial charge in [0.25, 0.3) is 5.91 Å². The van der Waals surface area contributed by atoms with Gasteiger partial charge in [-0.05, 0) is 62.2 Å². The fraction of sp³-hybridized carbons (Fsp3) is 0.688. The predicted molar refractivity (Wildman–Crippen MR) is 84.9 cm³/mol. The molecule has 4 nitrogen and oxygen atoms in total. The van der Waals surface area contributed by atoms with Gasteiger partial charge in [0.1, 0.15) is 0 Å². The fourth-order valence-electron chi connectivity index (χ4n) is 3.21. The Balaban J connectivity index is 1.40. The summed E-state index contributed by atoms with van der Waals surface area (Å²) >= 11 is 1.53. The molecule has 5 heteroatoms. The second-order valence-electron chi connectivity index (χ2n) is 6.20. The molecule has 2 saturated heterocycles. The third kappa shape index (κ3) is 3.84. The van der Waals surface area contributed by atoms with Crippen molar-refractivity contribution in [1.82, 2.24) is 10.2 Å². The van der Waals surface area contributed by atoms with Gasteiger partial charge < -0.3 is 10.1 Å². The van der Waals surface area contributed by atoms with Crippen LogP contribution in [0.25, 0.3) is 0 Å². The van der Waals surface area contributed by atoms with E-state index in [-0.39, 0.29) is 5.91 Å². The van der Waals surface area contributed by atoms with E-state index in [1.54, 1.807) is 0 Å². The smallest absolute Gasteiger partial charge is 0.261 e. The number of nitrogens with zero attached hydrogens (tertiary/aromatic N) is 1. The summed E-state index contributed by atoms with van der Waals surface area (Å²) in [5.74, 6) is 0.702. The molecular weight excluding hydrogens is 284 g/mol. The van der Waals surface area contributed by atoms with Crippen LogP contribution in [0.5, 0.6) is 0 Å². The maximum Gasteiger partial charge on any atom is 0.261 e. The molecule has 2 fully saturated rings. The number of carbonyl (C=O) groups excluding carboxylic acids is 1. The van der Waals surface area contributed by atoms with Crippen LogP contribution in [0.2, 0.25) is 0 Å². The van der Waals surface area contributed by atoms with Gasteiger partial charge in [-0.25, -0.2) is 0 Å². The Hall–Kier alpha value is -0.910. The van der Waals surface area contributed by atoms with Gasteiger partial charge in [0.2, 0.25) is 0 Å². The third-order valence-corrected chi connectivity index (χ3v) is 5.62. The van der Waals surface area contributed by atoms with Gasteiger partial charge in [0.15, 0.2) is 0 Å². The molecule has 2 aliphatic rings. The van der Waals surface area contributed by atoms with E-state index < -0.39 is 0 Å². The van der Waals surface area contributed by atoms with E-state index in [2.05, 4.69) is 10.2 Å². The summed E-state index contributed by atoms with van der Waals surface area (Å²) in [5, 5.41) is 5.12. The number of aryl methyl sites for hydroxylation is 1. The van der Waals surface area contributed by atoms with Crippen molar-refractivity contribution in [3.63, 3.8) is 0 Å². The summed E-state index contributed by atoms with van der Waals surface area (Å²) in [7, 11) is 0. The molecule has 116 valence electrons. The maximum atomic E-state index is 12.0. The Morgan fingerprint density at radius 1 is 1.43 bits per heavy atom. The number of nitrogens with one attached hydrogen (secondary N) is 1. The first-order chi connectivity index (χ1) is 10.2. The Kier molecular flexibility index (Phi) is 4.93. The van der Waals surface area contributed by atoms with E-state index in [1.165, 1.54) is 30.6 Å². The lowest BCUT2D eigenvalue weighted by Crippen LogP contribution is -2.43. The molecule has 0 spiro atoms. The summed E-state index contributed by atoms with van der Waals surface area (Å²) in [6.45, 7) is 6.94. The lowest BCUT2D eigenvalue weighted by Gasteiger charge is -2.35. The SMILES string of the molecule is Cc1csc(C(=O)NCC2CCN([C@H]3CCOC3)CC2)c1. The number of amides is 1. The monoisotopic (exact) mass is 308 g/mol. The molecule has 0 unspecified atom stereocenters. The first kappa shape index (κ1) is 15.0. The van der Waals surface area contributed by atoms with Crippen LogP contribution in [-0.2, 0) is 4.74 Å². The van der Waals surface area contributed by atoms with Crippen molar-refractivity contribution in [2.45, 2.75) is 32.2 Å². The number of piperidine rings is 1. The zero-order valence-corrected chi connectivity index (χ0v) is 13.5. The predicted octanol–water partition coefficient (Wildman–Crippen LogP) is 2.29.